The Balaban J connectivity index is 1.46. The second-order valence-corrected chi connectivity index (χ2v) is 8.50. The number of carbonyl (C=O) groups is 1. The Morgan fingerprint density at radius 2 is 1.97 bits per heavy atom. The molecule has 0 radical (unpaired) electrons. The summed E-state index contributed by atoms with van der Waals surface area (Å²) in [6.07, 6.45) is 0.198. The zero-order valence-electron chi connectivity index (χ0n) is 17.5. The molecule has 0 unspecified atom stereocenters. The van der Waals surface area contributed by atoms with E-state index in [-0.39, 0.29) is 24.9 Å². The van der Waals surface area contributed by atoms with Crippen molar-refractivity contribution >= 4 is 17.2 Å². The largest absolute Gasteiger partial charge is 0.454 e. The van der Waals surface area contributed by atoms with Crippen LogP contribution in [-0.2, 0) is 17.8 Å². The van der Waals surface area contributed by atoms with Crippen LogP contribution < -0.4 is 9.47 Å². The molecule has 0 saturated heterocycles. The Kier molecular flexibility index (Phi) is 6.48. The number of hydrogen-bond donors (Lipinski definition) is 0. The third-order valence-electron chi connectivity index (χ3n) is 4.94. The summed E-state index contributed by atoms with van der Waals surface area (Å²) in [5.74, 6) is 1.10. The van der Waals surface area contributed by atoms with E-state index in [1.807, 2.05) is 48.6 Å². The first kappa shape index (κ1) is 21.3. The lowest BCUT2D eigenvalue weighted by atomic mass is 10.2. The van der Waals surface area contributed by atoms with Gasteiger partial charge >= 0.3 is 0 Å². The quantitative estimate of drug-likeness (QED) is 0.532. The summed E-state index contributed by atoms with van der Waals surface area (Å²) in [6.45, 7) is 1.87. The number of amides is 1. The number of benzene rings is 2. The highest BCUT2D eigenvalue weighted by Crippen LogP contribution is 2.36. The van der Waals surface area contributed by atoms with Gasteiger partial charge in [0.15, 0.2) is 11.5 Å². The third-order valence-corrected chi connectivity index (χ3v) is 5.88. The van der Waals surface area contributed by atoms with Gasteiger partial charge in [0.05, 0.1) is 12.1 Å². The molecule has 31 heavy (non-hydrogen) atoms. The van der Waals surface area contributed by atoms with Crippen molar-refractivity contribution in [3.05, 3.63) is 64.9 Å². The highest BCUT2D eigenvalue weighted by atomic mass is 32.1. The number of carbonyl (C=O) groups excluding carboxylic acids is 1. The highest BCUT2D eigenvalue weighted by molar-refractivity contribution is 7.13. The molecule has 2 aromatic carbocycles. The van der Waals surface area contributed by atoms with Gasteiger partial charge in [0.25, 0.3) is 0 Å². The fourth-order valence-electron chi connectivity index (χ4n) is 3.29. The molecular weight excluding hydrogens is 417 g/mol. The number of aromatic nitrogens is 1. The third kappa shape index (κ3) is 5.39. The highest BCUT2D eigenvalue weighted by Gasteiger charge is 2.19. The molecule has 1 amide bonds. The molecule has 4 rings (SSSR count). The van der Waals surface area contributed by atoms with Crippen molar-refractivity contribution in [1.29, 1.82) is 0 Å². The van der Waals surface area contributed by atoms with Crippen LogP contribution in [0.2, 0.25) is 0 Å². The normalized spacial score (nSPS) is 12.4. The minimum absolute atomic E-state index is 0.0337. The van der Waals surface area contributed by atoms with Crippen molar-refractivity contribution in [3.8, 4) is 22.1 Å². The standard InChI is InChI=1S/C23H24FN3O3S/c1-26(2)8-9-27(13-16-4-3-5-18(24)10-16)22(28)12-19-14-31-23(25-19)17-6-7-20-21(11-17)30-15-29-20/h3-7,10-11,14H,8-9,12-13,15H2,1-2H3. The van der Waals surface area contributed by atoms with E-state index in [0.717, 1.165) is 34.1 Å². The van der Waals surface area contributed by atoms with Crippen LogP contribution >= 0.6 is 11.3 Å². The maximum absolute atomic E-state index is 13.6. The molecule has 1 aliphatic rings. The molecule has 0 N–H and O–H groups in total. The van der Waals surface area contributed by atoms with E-state index in [0.29, 0.717) is 18.8 Å². The van der Waals surface area contributed by atoms with Gasteiger partial charge in [-0.2, -0.15) is 0 Å². The number of likely N-dealkylation sites (N-methyl/N-ethyl adjacent to an activating group) is 1. The summed E-state index contributed by atoms with van der Waals surface area (Å²) in [4.78, 5) is 21.5. The van der Waals surface area contributed by atoms with Crippen LogP contribution in [-0.4, -0.2) is 54.7 Å². The van der Waals surface area contributed by atoms with Gasteiger partial charge in [-0.25, -0.2) is 9.37 Å². The second kappa shape index (κ2) is 9.45. The van der Waals surface area contributed by atoms with Crippen molar-refractivity contribution in [2.45, 2.75) is 13.0 Å². The van der Waals surface area contributed by atoms with Gasteiger partial charge in [0.1, 0.15) is 10.8 Å². The number of hydrogen-bond acceptors (Lipinski definition) is 6. The lowest BCUT2D eigenvalue weighted by Crippen LogP contribution is -2.37. The molecule has 1 aromatic heterocycles. The fraction of sp³-hybridized carbons (Fsp3) is 0.304. The summed E-state index contributed by atoms with van der Waals surface area (Å²) in [5, 5.41) is 2.73. The number of thiazole rings is 1. The van der Waals surface area contributed by atoms with Crippen molar-refractivity contribution < 1.29 is 18.7 Å². The van der Waals surface area contributed by atoms with Crippen LogP contribution in [0.25, 0.3) is 10.6 Å². The molecule has 6 nitrogen and oxygen atoms in total. The van der Waals surface area contributed by atoms with E-state index in [1.54, 1.807) is 11.0 Å². The van der Waals surface area contributed by atoms with Gasteiger partial charge < -0.3 is 19.3 Å². The minimum Gasteiger partial charge on any atom is -0.454 e. The number of nitrogens with zero attached hydrogens (tertiary/aromatic N) is 3. The SMILES string of the molecule is CN(C)CCN(Cc1cccc(F)c1)C(=O)Cc1csc(-c2ccc3c(c2)OCO3)n1. The predicted octanol–water partition coefficient (Wildman–Crippen LogP) is 3.81. The van der Waals surface area contributed by atoms with Gasteiger partial charge in [-0.1, -0.05) is 12.1 Å². The monoisotopic (exact) mass is 441 g/mol. The Hall–Kier alpha value is -2.97. The molecule has 0 fully saturated rings. The first-order valence-corrected chi connectivity index (χ1v) is 10.9. The number of halogens is 1. The van der Waals surface area contributed by atoms with E-state index in [9.17, 15) is 9.18 Å². The van der Waals surface area contributed by atoms with Crippen LogP contribution in [0.5, 0.6) is 11.5 Å². The zero-order chi connectivity index (χ0) is 21.8. The van der Waals surface area contributed by atoms with Gasteiger partial charge in [0, 0.05) is 30.6 Å². The molecule has 0 aliphatic carbocycles. The fourth-order valence-corrected chi connectivity index (χ4v) is 4.10. The summed E-state index contributed by atoms with van der Waals surface area (Å²) < 4.78 is 24.4. The average Bonchev–Trinajstić information content (AvgIpc) is 3.39. The summed E-state index contributed by atoms with van der Waals surface area (Å²) in [6, 6.07) is 12.1. The van der Waals surface area contributed by atoms with Crippen molar-refractivity contribution in [1.82, 2.24) is 14.8 Å². The van der Waals surface area contributed by atoms with Crippen LogP contribution in [0.15, 0.2) is 47.8 Å². The van der Waals surface area contributed by atoms with Crippen LogP contribution in [0.3, 0.4) is 0 Å². The number of rotatable bonds is 8. The average molecular weight is 442 g/mol. The maximum Gasteiger partial charge on any atom is 0.231 e. The minimum atomic E-state index is -0.301. The van der Waals surface area contributed by atoms with Gasteiger partial charge in [-0.05, 0) is 50.0 Å². The van der Waals surface area contributed by atoms with Crippen molar-refractivity contribution in [3.63, 3.8) is 0 Å². The first-order valence-electron chi connectivity index (χ1n) is 9.99. The Morgan fingerprint density at radius 1 is 1.13 bits per heavy atom. The van der Waals surface area contributed by atoms with Crippen LogP contribution in [0.4, 0.5) is 4.39 Å². The van der Waals surface area contributed by atoms with Crippen molar-refractivity contribution in [2.24, 2.45) is 0 Å². The van der Waals surface area contributed by atoms with Gasteiger partial charge in [0.2, 0.25) is 12.7 Å². The molecule has 3 aromatic rings. The number of fused-ring (bicyclic) bond motifs is 1. The maximum atomic E-state index is 13.6. The molecule has 0 spiro atoms. The second-order valence-electron chi connectivity index (χ2n) is 7.64. The van der Waals surface area contributed by atoms with E-state index >= 15 is 0 Å². The van der Waals surface area contributed by atoms with Crippen LogP contribution in [0.1, 0.15) is 11.3 Å². The molecule has 2 heterocycles. The summed E-state index contributed by atoms with van der Waals surface area (Å²) >= 11 is 1.49. The summed E-state index contributed by atoms with van der Waals surface area (Å²) in [5.41, 5.74) is 2.42. The Labute approximate surface area is 184 Å². The molecular formula is C23H24FN3O3S. The molecule has 0 saturated carbocycles. The summed E-state index contributed by atoms with van der Waals surface area (Å²) in [7, 11) is 3.92. The molecule has 0 atom stereocenters. The van der Waals surface area contributed by atoms with Crippen LogP contribution in [0, 0.1) is 5.82 Å². The number of ether oxygens (including phenoxy) is 2. The Morgan fingerprint density at radius 3 is 2.77 bits per heavy atom. The molecule has 162 valence electrons. The van der Waals surface area contributed by atoms with E-state index in [2.05, 4.69) is 4.98 Å². The van der Waals surface area contributed by atoms with Gasteiger partial charge in [-0.3, -0.25) is 4.79 Å². The van der Waals surface area contributed by atoms with Crippen molar-refractivity contribution in [2.75, 3.05) is 34.0 Å². The zero-order valence-corrected chi connectivity index (χ0v) is 18.3. The van der Waals surface area contributed by atoms with E-state index in [4.69, 9.17) is 9.47 Å². The molecule has 8 heteroatoms. The topological polar surface area (TPSA) is 54.9 Å². The Bertz CT molecular complexity index is 1070. The first-order chi connectivity index (χ1) is 15.0. The lowest BCUT2D eigenvalue weighted by molar-refractivity contribution is -0.131. The lowest BCUT2D eigenvalue weighted by Gasteiger charge is -2.24. The molecule has 1 aliphatic heterocycles. The predicted molar refractivity (Wildman–Crippen MR) is 118 cm³/mol. The molecule has 0 bridgehead atoms. The van der Waals surface area contributed by atoms with Gasteiger partial charge in [-0.15, -0.1) is 11.3 Å². The smallest absolute Gasteiger partial charge is 0.231 e. The van der Waals surface area contributed by atoms with E-state index < -0.39 is 0 Å². The van der Waals surface area contributed by atoms with E-state index in [1.165, 1.54) is 23.5 Å².